The van der Waals surface area contributed by atoms with Crippen LogP contribution >= 0.6 is 0 Å². The molecule has 1 aliphatic rings. The number of benzene rings is 2. The van der Waals surface area contributed by atoms with Gasteiger partial charge in [0.25, 0.3) is 5.91 Å². The highest BCUT2D eigenvalue weighted by Gasteiger charge is 2.45. The summed E-state index contributed by atoms with van der Waals surface area (Å²) in [6.45, 7) is 0. The Kier molecular flexibility index (Phi) is 2.74. The van der Waals surface area contributed by atoms with Crippen molar-refractivity contribution in [1.82, 2.24) is 4.98 Å². The van der Waals surface area contributed by atoms with Crippen LogP contribution in [0, 0.1) is 0 Å². The predicted molar refractivity (Wildman–Crippen MR) is 84.4 cm³/mol. The molecule has 4 heteroatoms. The lowest BCUT2D eigenvalue weighted by atomic mass is 9.89. The number of nitrogens with one attached hydrogen (secondary N) is 1. The van der Waals surface area contributed by atoms with Gasteiger partial charge in [-0.25, -0.2) is 0 Å². The van der Waals surface area contributed by atoms with E-state index in [1.807, 2.05) is 42.5 Å². The maximum atomic E-state index is 12.3. The molecule has 0 fully saturated rings. The summed E-state index contributed by atoms with van der Waals surface area (Å²) in [5, 5.41) is 15.7. The number of aliphatic hydroxyl groups is 1. The van der Waals surface area contributed by atoms with E-state index in [0.29, 0.717) is 16.9 Å². The van der Waals surface area contributed by atoms with Gasteiger partial charge in [0.2, 0.25) is 0 Å². The van der Waals surface area contributed by atoms with E-state index in [1.54, 1.807) is 18.3 Å². The van der Waals surface area contributed by atoms with Crippen LogP contribution in [0.1, 0.15) is 11.3 Å². The van der Waals surface area contributed by atoms with Gasteiger partial charge >= 0.3 is 0 Å². The third kappa shape index (κ3) is 1.81. The first-order chi connectivity index (χ1) is 10.7. The SMILES string of the molecule is O=C1Nc2ccccc2[C@@]1(O)Cc1nccc2ccccc12. The zero-order valence-electron chi connectivity index (χ0n) is 11.8. The second kappa shape index (κ2) is 4.64. The first-order valence-electron chi connectivity index (χ1n) is 7.14. The minimum Gasteiger partial charge on any atom is -0.375 e. The van der Waals surface area contributed by atoms with Gasteiger partial charge in [-0.3, -0.25) is 9.78 Å². The smallest absolute Gasteiger partial charge is 0.261 e. The topological polar surface area (TPSA) is 62.2 Å². The van der Waals surface area contributed by atoms with E-state index >= 15 is 0 Å². The number of para-hydroxylation sites is 1. The zero-order valence-corrected chi connectivity index (χ0v) is 11.8. The molecule has 0 saturated carbocycles. The molecule has 22 heavy (non-hydrogen) atoms. The van der Waals surface area contributed by atoms with Crippen LogP contribution in [0.2, 0.25) is 0 Å². The van der Waals surface area contributed by atoms with Crippen LogP contribution in [0.15, 0.2) is 60.8 Å². The van der Waals surface area contributed by atoms with Crippen molar-refractivity contribution in [1.29, 1.82) is 0 Å². The van der Waals surface area contributed by atoms with E-state index in [9.17, 15) is 9.90 Å². The molecule has 108 valence electrons. The van der Waals surface area contributed by atoms with Crippen molar-refractivity contribution in [3.05, 3.63) is 72.1 Å². The Morgan fingerprint density at radius 3 is 2.73 bits per heavy atom. The highest BCUT2D eigenvalue weighted by atomic mass is 16.3. The summed E-state index contributed by atoms with van der Waals surface area (Å²) in [6.07, 6.45) is 1.86. The molecule has 0 radical (unpaired) electrons. The Hall–Kier alpha value is -2.72. The first-order valence-corrected chi connectivity index (χ1v) is 7.14. The molecule has 0 aliphatic carbocycles. The maximum absolute atomic E-state index is 12.3. The van der Waals surface area contributed by atoms with Crippen LogP contribution in [0.25, 0.3) is 10.8 Å². The van der Waals surface area contributed by atoms with Crippen LogP contribution in [-0.4, -0.2) is 16.0 Å². The number of amides is 1. The van der Waals surface area contributed by atoms with Crippen molar-refractivity contribution < 1.29 is 9.90 Å². The molecule has 1 aliphatic heterocycles. The van der Waals surface area contributed by atoms with Gasteiger partial charge in [0.05, 0.1) is 5.69 Å². The largest absolute Gasteiger partial charge is 0.375 e. The van der Waals surface area contributed by atoms with E-state index in [2.05, 4.69) is 10.3 Å². The predicted octanol–water partition coefficient (Wildman–Crippen LogP) is 2.62. The van der Waals surface area contributed by atoms with Crippen molar-refractivity contribution in [2.45, 2.75) is 12.0 Å². The van der Waals surface area contributed by atoms with E-state index < -0.39 is 11.5 Å². The lowest BCUT2D eigenvalue weighted by Crippen LogP contribution is -2.36. The van der Waals surface area contributed by atoms with Crippen molar-refractivity contribution in [3.63, 3.8) is 0 Å². The number of aromatic nitrogens is 1. The quantitative estimate of drug-likeness (QED) is 0.762. The standard InChI is InChI=1S/C18H14N2O2/c21-17-18(22,14-7-3-4-8-15(14)20-17)11-16-13-6-2-1-5-12(13)9-10-19-16/h1-10,22H,11H2,(H,20,21)/t18-/m0/s1. The number of carbonyl (C=O) groups excluding carboxylic acids is 1. The summed E-state index contributed by atoms with van der Waals surface area (Å²) in [4.78, 5) is 16.7. The molecule has 2 N–H and O–H groups in total. The highest BCUT2D eigenvalue weighted by molar-refractivity contribution is 6.05. The molecule has 0 saturated heterocycles. The second-order valence-electron chi connectivity index (χ2n) is 5.52. The van der Waals surface area contributed by atoms with Gasteiger partial charge in [0.1, 0.15) is 0 Å². The fraction of sp³-hybridized carbons (Fsp3) is 0.111. The molecule has 3 aromatic rings. The number of anilines is 1. The summed E-state index contributed by atoms with van der Waals surface area (Å²) in [6, 6.07) is 17.0. The van der Waals surface area contributed by atoms with E-state index in [-0.39, 0.29) is 6.42 Å². The van der Waals surface area contributed by atoms with Crippen molar-refractivity contribution >= 4 is 22.4 Å². The van der Waals surface area contributed by atoms with Crippen molar-refractivity contribution in [2.24, 2.45) is 0 Å². The Morgan fingerprint density at radius 1 is 1.05 bits per heavy atom. The lowest BCUT2D eigenvalue weighted by molar-refractivity contribution is -0.133. The van der Waals surface area contributed by atoms with Gasteiger partial charge in [-0.2, -0.15) is 0 Å². The normalized spacial score (nSPS) is 20.0. The third-order valence-corrected chi connectivity index (χ3v) is 4.18. The Morgan fingerprint density at radius 2 is 1.82 bits per heavy atom. The number of hydrogen-bond acceptors (Lipinski definition) is 3. The average Bonchev–Trinajstić information content (AvgIpc) is 2.79. The van der Waals surface area contributed by atoms with Gasteiger partial charge in [-0.1, -0.05) is 42.5 Å². The summed E-state index contributed by atoms with van der Waals surface area (Å²) < 4.78 is 0. The molecule has 0 unspecified atom stereocenters. The summed E-state index contributed by atoms with van der Waals surface area (Å²) in [5.74, 6) is -0.400. The average molecular weight is 290 g/mol. The third-order valence-electron chi connectivity index (χ3n) is 4.18. The van der Waals surface area contributed by atoms with Crippen LogP contribution in [-0.2, 0) is 16.8 Å². The van der Waals surface area contributed by atoms with Crippen LogP contribution in [0.5, 0.6) is 0 Å². The lowest BCUT2D eigenvalue weighted by Gasteiger charge is -2.21. The minimum atomic E-state index is -1.58. The second-order valence-corrected chi connectivity index (χ2v) is 5.52. The molecule has 1 aromatic heterocycles. The number of pyridine rings is 1. The highest BCUT2D eigenvalue weighted by Crippen LogP contribution is 2.38. The van der Waals surface area contributed by atoms with Gasteiger partial charge < -0.3 is 10.4 Å². The molecule has 0 spiro atoms. The fourth-order valence-corrected chi connectivity index (χ4v) is 3.04. The Balaban J connectivity index is 1.84. The van der Waals surface area contributed by atoms with Crippen LogP contribution in [0.4, 0.5) is 5.69 Å². The monoisotopic (exact) mass is 290 g/mol. The fourth-order valence-electron chi connectivity index (χ4n) is 3.04. The van der Waals surface area contributed by atoms with Crippen molar-refractivity contribution in [2.75, 3.05) is 5.32 Å². The zero-order chi connectivity index (χ0) is 15.2. The number of carbonyl (C=O) groups is 1. The van der Waals surface area contributed by atoms with Crippen LogP contribution < -0.4 is 5.32 Å². The number of fused-ring (bicyclic) bond motifs is 2. The molecule has 1 atom stereocenters. The van der Waals surface area contributed by atoms with E-state index in [4.69, 9.17) is 0 Å². The van der Waals surface area contributed by atoms with E-state index in [1.165, 1.54) is 0 Å². The van der Waals surface area contributed by atoms with Gasteiger partial charge in [-0.15, -0.1) is 0 Å². The number of hydrogen-bond donors (Lipinski definition) is 2. The number of nitrogens with zero attached hydrogens (tertiary/aromatic N) is 1. The molecule has 0 bridgehead atoms. The summed E-state index contributed by atoms with van der Waals surface area (Å²) in [5.41, 5.74) is 0.408. The molecule has 2 aromatic carbocycles. The Labute approximate surface area is 127 Å². The minimum absolute atomic E-state index is 0.150. The molecular weight excluding hydrogens is 276 g/mol. The molecular formula is C18H14N2O2. The number of rotatable bonds is 2. The summed E-state index contributed by atoms with van der Waals surface area (Å²) >= 11 is 0. The van der Waals surface area contributed by atoms with Crippen molar-refractivity contribution in [3.8, 4) is 0 Å². The maximum Gasteiger partial charge on any atom is 0.261 e. The first kappa shape index (κ1) is 13.0. The molecule has 4 nitrogen and oxygen atoms in total. The molecule has 2 heterocycles. The Bertz CT molecular complexity index is 886. The van der Waals surface area contributed by atoms with Gasteiger partial charge in [0.15, 0.2) is 5.60 Å². The van der Waals surface area contributed by atoms with E-state index in [0.717, 1.165) is 10.8 Å². The molecule has 1 amide bonds. The van der Waals surface area contributed by atoms with Crippen LogP contribution in [0.3, 0.4) is 0 Å². The van der Waals surface area contributed by atoms with Gasteiger partial charge in [-0.05, 0) is 17.5 Å². The summed E-state index contributed by atoms with van der Waals surface area (Å²) in [7, 11) is 0. The molecule has 4 rings (SSSR count). The van der Waals surface area contributed by atoms with Gasteiger partial charge in [0, 0.05) is 29.3 Å².